The zero-order valence-corrected chi connectivity index (χ0v) is 9.23. The second-order valence-corrected chi connectivity index (χ2v) is 3.33. The minimum Gasteiger partial charge on any atom is -0.367 e. The number of hydrogen-bond donors (Lipinski definition) is 3. The number of anilines is 1. The first kappa shape index (κ1) is 12.2. The summed E-state index contributed by atoms with van der Waals surface area (Å²) in [7, 11) is 0. The van der Waals surface area contributed by atoms with E-state index in [1.54, 1.807) is 12.1 Å². The molecule has 1 aromatic heterocycles. The highest BCUT2D eigenvalue weighted by Gasteiger charge is 2.03. The van der Waals surface area contributed by atoms with Crippen molar-refractivity contribution in [3.05, 3.63) is 35.5 Å². The number of nitrogens with two attached hydrogens (primary N) is 2. The van der Waals surface area contributed by atoms with E-state index in [4.69, 9.17) is 11.5 Å². The molecule has 1 rings (SSSR count). The summed E-state index contributed by atoms with van der Waals surface area (Å²) in [5.41, 5.74) is 11.7. The summed E-state index contributed by atoms with van der Waals surface area (Å²) in [5.74, 6) is 0.182. The lowest BCUT2D eigenvalue weighted by molar-refractivity contribution is 0.1000. The third kappa shape index (κ3) is 3.70. The van der Waals surface area contributed by atoms with E-state index in [0.717, 1.165) is 5.69 Å². The van der Waals surface area contributed by atoms with Gasteiger partial charge in [0.2, 0.25) is 5.91 Å². The van der Waals surface area contributed by atoms with Crippen LogP contribution in [0.5, 0.6) is 0 Å². The van der Waals surface area contributed by atoms with E-state index in [-0.39, 0.29) is 0 Å². The van der Waals surface area contributed by atoms with Gasteiger partial charge in [0, 0.05) is 24.3 Å². The van der Waals surface area contributed by atoms with Gasteiger partial charge in [-0.1, -0.05) is 12.2 Å². The summed E-state index contributed by atoms with van der Waals surface area (Å²) in [6.07, 6.45) is 3.74. The van der Waals surface area contributed by atoms with Crippen LogP contribution in [0.3, 0.4) is 0 Å². The normalized spacial score (nSPS) is 10.6. The lowest BCUT2D eigenvalue weighted by atomic mass is 10.2. The van der Waals surface area contributed by atoms with Crippen LogP contribution in [0.15, 0.2) is 24.3 Å². The molecule has 0 spiro atoms. The topological polar surface area (TPSA) is 94.0 Å². The van der Waals surface area contributed by atoms with Crippen molar-refractivity contribution in [2.45, 2.75) is 6.92 Å². The van der Waals surface area contributed by atoms with E-state index in [0.29, 0.717) is 24.5 Å². The molecule has 0 aliphatic heterocycles. The summed E-state index contributed by atoms with van der Waals surface area (Å²) >= 11 is 0. The van der Waals surface area contributed by atoms with Crippen molar-refractivity contribution in [2.24, 2.45) is 11.5 Å². The fourth-order valence-corrected chi connectivity index (χ4v) is 1.24. The molecule has 5 N–H and O–H groups in total. The molecule has 86 valence electrons. The van der Waals surface area contributed by atoms with Crippen LogP contribution >= 0.6 is 0 Å². The molecule has 5 heteroatoms. The first-order valence-corrected chi connectivity index (χ1v) is 5.01. The molecular formula is C11H16N4O. The minimum absolute atomic E-state index is 0.453. The Kier molecular flexibility index (Phi) is 4.47. The Morgan fingerprint density at radius 1 is 1.50 bits per heavy atom. The number of carbonyl (C=O) groups is 1. The molecule has 0 aromatic carbocycles. The molecular weight excluding hydrogens is 204 g/mol. The van der Waals surface area contributed by atoms with Crippen LogP contribution in [0.2, 0.25) is 0 Å². The van der Waals surface area contributed by atoms with Crippen molar-refractivity contribution in [1.82, 2.24) is 4.98 Å². The summed E-state index contributed by atoms with van der Waals surface area (Å²) < 4.78 is 0. The van der Waals surface area contributed by atoms with E-state index in [9.17, 15) is 4.79 Å². The van der Waals surface area contributed by atoms with Gasteiger partial charge in [-0.25, -0.2) is 4.98 Å². The van der Waals surface area contributed by atoms with Gasteiger partial charge < -0.3 is 16.8 Å². The average molecular weight is 220 g/mol. The molecule has 0 saturated carbocycles. The molecule has 0 bridgehead atoms. The fourth-order valence-electron chi connectivity index (χ4n) is 1.24. The van der Waals surface area contributed by atoms with Gasteiger partial charge in [-0.15, -0.1) is 0 Å². The number of primary amides is 1. The Labute approximate surface area is 94.5 Å². The number of rotatable bonds is 5. The second-order valence-electron chi connectivity index (χ2n) is 3.33. The van der Waals surface area contributed by atoms with Crippen molar-refractivity contribution in [1.29, 1.82) is 0 Å². The number of carbonyl (C=O) groups excluding carboxylic acids is 1. The first-order valence-electron chi connectivity index (χ1n) is 5.01. The Balaban J connectivity index is 2.72. The van der Waals surface area contributed by atoms with Crippen LogP contribution < -0.4 is 16.8 Å². The molecule has 1 heterocycles. The van der Waals surface area contributed by atoms with Gasteiger partial charge in [0.1, 0.15) is 5.82 Å². The number of pyridine rings is 1. The average Bonchev–Trinajstić information content (AvgIpc) is 2.23. The molecule has 16 heavy (non-hydrogen) atoms. The molecule has 0 fully saturated rings. The van der Waals surface area contributed by atoms with Crippen molar-refractivity contribution in [3.63, 3.8) is 0 Å². The van der Waals surface area contributed by atoms with Crippen LogP contribution in [-0.2, 0) is 0 Å². The van der Waals surface area contributed by atoms with Crippen LogP contribution in [-0.4, -0.2) is 24.0 Å². The lowest BCUT2D eigenvalue weighted by Gasteiger charge is -2.05. The highest BCUT2D eigenvalue weighted by molar-refractivity contribution is 5.93. The van der Waals surface area contributed by atoms with E-state index >= 15 is 0 Å². The zero-order valence-electron chi connectivity index (χ0n) is 9.23. The predicted molar refractivity (Wildman–Crippen MR) is 64.2 cm³/mol. The van der Waals surface area contributed by atoms with Crippen molar-refractivity contribution >= 4 is 11.7 Å². The van der Waals surface area contributed by atoms with Gasteiger partial charge in [-0.3, -0.25) is 4.79 Å². The number of nitrogens with zero attached hydrogens (tertiary/aromatic N) is 1. The monoisotopic (exact) mass is 220 g/mol. The van der Waals surface area contributed by atoms with Crippen molar-refractivity contribution in [3.8, 4) is 0 Å². The summed E-state index contributed by atoms with van der Waals surface area (Å²) in [6.45, 7) is 2.94. The molecule has 0 unspecified atom stereocenters. The SMILES string of the molecule is Cc1cc(C(N)=O)cc(NC/C=C/CN)n1. The maximum Gasteiger partial charge on any atom is 0.248 e. The standard InChI is InChI=1S/C11H16N4O/c1-8-6-9(11(13)16)7-10(15-8)14-5-3-2-4-12/h2-3,6-7H,4-5,12H2,1H3,(H2,13,16)(H,14,15)/b3-2+. The van der Waals surface area contributed by atoms with Crippen LogP contribution in [0, 0.1) is 6.92 Å². The summed E-state index contributed by atoms with van der Waals surface area (Å²) in [6, 6.07) is 3.29. The lowest BCUT2D eigenvalue weighted by Crippen LogP contribution is -2.13. The van der Waals surface area contributed by atoms with Gasteiger partial charge in [0.05, 0.1) is 0 Å². The first-order chi connectivity index (χ1) is 7.63. The highest BCUT2D eigenvalue weighted by atomic mass is 16.1. The van der Waals surface area contributed by atoms with Gasteiger partial charge >= 0.3 is 0 Å². The van der Waals surface area contributed by atoms with Crippen molar-refractivity contribution in [2.75, 3.05) is 18.4 Å². The fraction of sp³-hybridized carbons (Fsp3) is 0.273. The van der Waals surface area contributed by atoms with Gasteiger partial charge in [0.25, 0.3) is 0 Å². The van der Waals surface area contributed by atoms with Gasteiger partial charge in [-0.05, 0) is 19.1 Å². The smallest absolute Gasteiger partial charge is 0.248 e. The number of amides is 1. The largest absolute Gasteiger partial charge is 0.367 e. The molecule has 5 nitrogen and oxygen atoms in total. The van der Waals surface area contributed by atoms with Crippen LogP contribution in [0.25, 0.3) is 0 Å². The summed E-state index contributed by atoms with van der Waals surface area (Å²) in [5, 5.41) is 3.05. The zero-order chi connectivity index (χ0) is 12.0. The molecule has 0 aliphatic carbocycles. The molecule has 0 saturated heterocycles. The third-order valence-corrected chi connectivity index (χ3v) is 1.94. The molecule has 1 amide bonds. The molecule has 0 aliphatic rings. The molecule has 0 atom stereocenters. The Morgan fingerprint density at radius 2 is 2.25 bits per heavy atom. The molecule has 1 aromatic rings. The minimum atomic E-state index is -0.453. The quantitative estimate of drug-likeness (QED) is 0.627. The van der Waals surface area contributed by atoms with E-state index in [1.807, 2.05) is 19.1 Å². The Hall–Kier alpha value is -1.88. The maximum atomic E-state index is 11.0. The summed E-state index contributed by atoms with van der Waals surface area (Å²) in [4.78, 5) is 15.2. The van der Waals surface area contributed by atoms with Gasteiger partial charge in [0.15, 0.2) is 0 Å². The van der Waals surface area contributed by atoms with Crippen LogP contribution in [0.4, 0.5) is 5.82 Å². The van der Waals surface area contributed by atoms with Crippen molar-refractivity contribution < 1.29 is 4.79 Å². The number of aromatic nitrogens is 1. The highest BCUT2D eigenvalue weighted by Crippen LogP contribution is 2.09. The van der Waals surface area contributed by atoms with E-state index < -0.39 is 5.91 Å². The Morgan fingerprint density at radius 3 is 2.88 bits per heavy atom. The third-order valence-electron chi connectivity index (χ3n) is 1.94. The maximum absolute atomic E-state index is 11.0. The number of nitrogens with one attached hydrogen (secondary N) is 1. The van der Waals surface area contributed by atoms with E-state index in [2.05, 4.69) is 10.3 Å². The van der Waals surface area contributed by atoms with Gasteiger partial charge in [-0.2, -0.15) is 0 Å². The number of aryl methyl sites for hydroxylation is 1. The van der Waals surface area contributed by atoms with Crippen LogP contribution in [0.1, 0.15) is 16.1 Å². The van der Waals surface area contributed by atoms with E-state index in [1.165, 1.54) is 0 Å². The predicted octanol–water partition coefficient (Wildman–Crippen LogP) is 0.416. The Bertz CT molecular complexity index is 401. The molecule has 0 radical (unpaired) electrons. The second kappa shape index (κ2) is 5.87. The number of hydrogen-bond acceptors (Lipinski definition) is 4.